The summed E-state index contributed by atoms with van der Waals surface area (Å²) in [6.45, 7) is 0. The highest BCUT2D eigenvalue weighted by Crippen LogP contribution is 2.43. The summed E-state index contributed by atoms with van der Waals surface area (Å²) in [6.07, 6.45) is 6.62. The van der Waals surface area contributed by atoms with Crippen LogP contribution < -0.4 is 0 Å². The third-order valence-corrected chi connectivity index (χ3v) is 12.0. The Hall–Kier alpha value is -6.95. The van der Waals surface area contributed by atoms with Crippen LogP contribution >= 0.6 is 11.3 Å². The number of thiophene rings is 1. The summed E-state index contributed by atoms with van der Waals surface area (Å²) in [6, 6.07) is 57.3. The molecule has 0 spiro atoms. The highest BCUT2D eigenvalue weighted by Gasteiger charge is 2.19. The third-order valence-electron chi connectivity index (χ3n) is 10.9. The predicted octanol–water partition coefficient (Wildman–Crippen LogP) is 14.1. The van der Waals surface area contributed by atoms with E-state index in [1.165, 1.54) is 42.4 Å². The van der Waals surface area contributed by atoms with Crippen molar-refractivity contribution in [3.05, 3.63) is 187 Å². The average molecular weight is 736 g/mol. The molecule has 0 aliphatic heterocycles. The molecular formula is C51H33N3OS. The van der Waals surface area contributed by atoms with Crippen LogP contribution in [0.25, 0.3) is 98.5 Å². The molecule has 0 amide bonds. The zero-order chi connectivity index (χ0) is 37.0. The van der Waals surface area contributed by atoms with E-state index in [1.54, 1.807) is 0 Å². The molecular weight excluding hydrogens is 703 g/mol. The maximum Gasteiger partial charge on any atom is 0.164 e. The van der Waals surface area contributed by atoms with Gasteiger partial charge in [-0.15, -0.1) is 11.3 Å². The summed E-state index contributed by atoms with van der Waals surface area (Å²) in [5, 5.41) is 4.61. The van der Waals surface area contributed by atoms with Crippen LogP contribution in [0, 0.1) is 0 Å². The number of rotatable bonds is 6. The second-order valence-corrected chi connectivity index (χ2v) is 15.4. The van der Waals surface area contributed by atoms with Crippen molar-refractivity contribution >= 4 is 64.6 Å². The molecule has 0 N–H and O–H groups in total. The van der Waals surface area contributed by atoms with Crippen molar-refractivity contribution in [3.63, 3.8) is 0 Å². The van der Waals surface area contributed by atoms with Gasteiger partial charge in [0.05, 0.1) is 0 Å². The van der Waals surface area contributed by atoms with E-state index < -0.39 is 0 Å². The van der Waals surface area contributed by atoms with Crippen molar-refractivity contribution < 1.29 is 4.42 Å². The number of hydrogen-bond acceptors (Lipinski definition) is 5. The molecule has 56 heavy (non-hydrogen) atoms. The van der Waals surface area contributed by atoms with Crippen LogP contribution in [-0.4, -0.2) is 15.0 Å². The maximum absolute atomic E-state index is 6.24. The molecule has 11 rings (SSSR count). The standard InChI is InChI=1S/C51H33N3OS/c1-3-12-32(13-4-1)33-24-26-34(27-25-33)36-28-29-45-42(31-36)48-41(20-11-23-46(48)56-45)51-53-49(35-14-5-2-6-15-35)52-50(54-51)38-17-9-16-37(30-38)39-19-10-22-44-47(39)40-18-7-8-21-43(40)55-44/h1-24,26,28-31H,25,27H2. The van der Waals surface area contributed by atoms with Crippen LogP contribution in [-0.2, 0) is 0 Å². The van der Waals surface area contributed by atoms with E-state index >= 15 is 0 Å². The van der Waals surface area contributed by atoms with Gasteiger partial charge in [0, 0.05) is 47.6 Å². The molecule has 0 saturated carbocycles. The number of aromatic nitrogens is 3. The molecule has 7 aromatic carbocycles. The summed E-state index contributed by atoms with van der Waals surface area (Å²) in [5.74, 6) is 1.93. The first-order chi connectivity index (χ1) is 27.7. The molecule has 0 saturated heterocycles. The van der Waals surface area contributed by atoms with Crippen LogP contribution in [0.15, 0.2) is 180 Å². The number of fused-ring (bicyclic) bond motifs is 6. The van der Waals surface area contributed by atoms with Gasteiger partial charge in [0.2, 0.25) is 0 Å². The molecule has 0 unspecified atom stereocenters. The topological polar surface area (TPSA) is 51.8 Å². The molecule has 3 heterocycles. The van der Waals surface area contributed by atoms with E-state index in [0.29, 0.717) is 17.5 Å². The summed E-state index contributed by atoms with van der Waals surface area (Å²) in [5.41, 5.74) is 12.1. The van der Waals surface area contributed by atoms with Gasteiger partial charge in [-0.3, -0.25) is 0 Å². The van der Waals surface area contributed by atoms with Crippen molar-refractivity contribution in [3.8, 4) is 45.3 Å². The fraction of sp³-hybridized carbons (Fsp3) is 0.0392. The van der Waals surface area contributed by atoms with Gasteiger partial charge < -0.3 is 4.42 Å². The smallest absolute Gasteiger partial charge is 0.164 e. The van der Waals surface area contributed by atoms with Crippen LogP contribution in [0.4, 0.5) is 0 Å². The summed E-state index contributed by atoms with van der Waals surface area (Å²) in [4.78, 5) is 15.6. The van der Waals surface area contributed by atoms with Gasteiger partial charge in [-0.1, -0.05) is 140 Å². The maximum atomic E-state index is 6.24. The number of benzene rings is 7. The normalized spacial score (nSPS) is 13.1. The Balaban J connectivity index is 1.06. The molecule has 1 aliphatic carbocycles. The third kappa shape index (κ3) is 5.64. The van der Waals surface area contributed by atoms with Gasteiger partial charge in [-0.25, -0.2) is 15.0 Å². The lowest BCUT2D eigenvalue weighted by Crippen LogP contribution is -2.00. The Bertz CT molecular complexity index is 3190. The summed E-state index contributed by atoms with van der Waals surface area (Å²) >= 11 is 1.82. The highest BCUT2D eigenvalue weighted by molar-refractivity contribution is 7.25. The Kier molecular flexibility index (Phi) is 7.78. The molecule has 0 radical (unpaired) electrons. The Morgan fingerprint density at radius 1 is 0.393 bits per heavy atom. The molecule has 0 atom stereocenters. The molecule has 10 aromatic rings. The van der Waals surface area contributed by atoms with E-state index in [9.17, 15) is 0 Å². The second-order valence-electron chi connectivity index (χ2n) is 14.3. The molecule has 264 valence electrons. The largest absolute Gasteiger partial charge is 0.456 e. The first-order valence-corrected chi connectivity index (χ1v) is 19.8. The monoisotopic (exact) mass is 735 g/mol. The van der Waals surface area contributed by atoms with E-state index in [-0.39, 0.29) is 0 Å². The van der Waals surface area contributed by atoms with Crippen LogP contribution in [0.5, 0.6) is 0 Å². The van der Waals surface area contributed by atoms with Crippen molar-refractivity contribution in [2.45, 2.75) is 12.8 Å². The molecule has 0 bridgehead atoms. The second kappa shape index (κ2) is 13.4. The fourth-order valence-electron chi connectivity index (χ4n) is 8.17. The number of furan rings is 1. The number of nitrogens with zero attached hydrogens (tertiary/aromatic N) is 3. The van der Waals surface area contributed by atoms with Crippen LogP contribution in [0.3, 0.4) is 0 Å². The molecule has 0 fully saturated rings. The summed E-state index contributed by atoms with van der Waals surface area (Å²) < 4.78 is 8.70. The van der Waals surface area contributed by atoms with Crippen molar-refractivity contribution in [2.75, 3.05) is 0 Å². The quantitative estimate of drug-likeness (QED) is 0.171. The lowest BCUT2D eigenvalue weighted by molar-refractivity contribution is 0.669. The SMILES string of the molecule is C1=C(c2ccccc2)CCC(c2ccc3sc4cccc(-c5nc(-c6ccccc6)nc(-c6cccc(-c7cccc8oc9ccccc9c78)c6)n5)c4c3c2)=C1. The predicted molar refractivity (Wildman–Crippen MR) is 233 cm³/mol. The minimum Gasteiger partial charge on any atom is -0.456 e. The van der Waals surface area contributed by atoms with E-state index in [4.69, 9.17) is 19.4 Å². The molecule has 1 aliphatic rings. The number of hydrogen-bond donors (Lipinski definition) is 0. The van der Waals surface area contributed by atoms with Gasteiger partial charge in [0.15, 0.2) is 17.5 Å². The minimum absolute atomic E-state index is 0.630. The Morgan fingerprint density at radius 3 is 1.84 bits per heavy atom. The average Bonchev–Trinajstić information content (AvgIpc) is 3.85. The van der Waals surface area contributed by atoms with Gasteiger partial charge in [0.1, 0.15) is 11.2 Å². The van der Waals surface area contributed by atoms with E-state index in [1.807, 2.05) is 47.7 Å². The van der Waals surface area contributed by atoms with Crippen LogP contribution in [0.2, 0.25) is 0 Å². The number of para-hydroxylation sites is 1. The van der Waals surface area contributed by atoms with Gasteiger partial charge in [-0.05, 0) is 82.6 Å². The Morgan fingerprint density at radius 2 is 1.02 bits per heavy atom. The lowest BCUT2D eigenvalue weighted by atomic mass is 9.89. The fourth-order valence-corrected chi connectivity index (χ4v) is 9.28. The van der Waals surface area contributed by atoms with Crippen molar-refractivity contribution in [2.24, 2.45) is 0 Å². The first kappa shape index (κ1) is 32.5. The van der Waals surface area contributed by atoms with Gasteiger partial charge in [0.25, 0.3) is 0 Å². The summed E-state index contributed by atoms with van der Waals surface area (Å²) in [7, 11) is 0. The molecule has 4 nitrogen and oxygen atoms in total. The first-order valence-electron chi connectivity index (χ1n) is 19.0. The van der Waals surface area contributed by atoms with Crippen molar-refractivity contribution in [1.82, 2.24) is 15.0 Å². The van der Waals surface area contributed by atoms with Gasteiger partial charge >= 0.3 is 0 Å². The molecule has 3 aromatic heterocycles. The number of allylic oxidation sites excluding steroid dienone is 4. The highest BCUT2D eigenvalue weighted by atomic mass is 32.1. The van der Waals surface area contributed by atoms with Crippen molar-refractivity contribution in [1.29, 1.82) is 0 Å². The van der Waals surface area contributed by atoms with E-state index in [2.05, 4.69) is 140 Å². The minimum atomic E-state index is 0.630. The van der Waals surface area contributed by atoms with Gasteiger partial charge in [-0.2, -0.15) is 0 Å². The zero-order valence-electron chi connectivity index (χ0n) is 30.3. The van der Waals surface area contributed by atoms with E-state index in [0.717, 1.165) is 62.6 Å². The molecule has 5 heteroatoms. The Labute approximate surface area is 327 Å². The van der Waals surface area contributed by atoms with Crippen LogP contribution in [0.1, 0.15) is 24.0 Å². The lowest BCUT2D eigenvalue weighted by Gasteiger charge is -2.15. The zero-order valence-corrected chi connectivity index (χ0v) is 31.1.